The zero-order valence-electron chi connectivity index (χ0n) is 12.2. The van der Waals surface area contributed by atoms with E-state index in [0.29, 0.717) is 29.4 Å². The molecule has 0 aromatic heterocycles. The maximum absolute atomic E-state index is 9.32. The van der Waals surface area contributed by atoms with Crippen molar-refractivity contribution in [3.63, 3.8) is 0 Å². The Morgan fingerprint density at radius 1 is 1.18 bits per heavy atom. The number of benzene rings is 2. The number of rotatable bonds is 5. The lowest BCUT2D eigenvalue weighted by molar-refractivity contribution is 0.306. The number of nitriles is 2. The van der Waals surface area contributed by atoms with Crippen molar-refractivity contribution in [2.75, 3.05) is 6.61 Å². The summed E-state index contributed by atoms with van der Waals surface area (Å²) in [4.78, 5) is 0. The average molecular weight is 311 g/mol. The van der Waals surface area contributed by atoms with Crippen LogP contribution in [0.4, 0.5) is 0 Å². The van der Waals surface area contributed by atoms with E-state index in [1.54, 1.807) is 24.3 Å². The minimum absolute atomic E-state index is 0.308. The molecule has 3 nitrogen and oxygen atoms in total. The molecule has 22 heavy (non-hydrogen) atoms. The van der Waals surface area contributed by atoms with Crippen LogP contribution in [0, 0.1) is 29.6 Å². The molecular weight excluding hydrogens is 296 g/mol. The standard InChI is InChI=1S/C18H15ClN2O/c1-13-5-6-17(19)18(9-13)22-8-7-16(12-21)15-4-2-3-14(10-15)11-20/h2-6,9-10,16H,7-8H2,1H3. The van der Waals surface area contributed by atoms with E-state index >= 15 is 0 Å². The van der Waals surface area contributed by atoms with E-state index in [-0.39, 0.29) is 5.92 Å². The smallest absolute Gasteiger partial charge is 0.138 e. The van der Waals surface area contributed by atoms with Crippen molar-refractivity contribution >= 4 is 11.6 Å². The lowest BCUT2D eigenvalue weighted by Gasteiger charge is -2.12. The van der Waals surface area contributed by atoms with Gasteiger partial charge in [0.25, 0.3) is 0 Å². The highest BCUT2D eigenvalue weighted by Gasteiger charge is 2.12. The van der Waals surface area contributed by atoms with Gasteiger partial charge in [-0.25, -0.2) is 0 Å². The van der Waals surface area contributed by atoms with Gasteiger partial charge in [0.1, 0.15) is 5.75 Å². The summed E-state index contributed by atoms with van der Waals surface area (Å²) in [5.74, 6) is 0.320. The van der Waals surface area contributed by atoms with Crippen molar-refractivity contribution in [1.82, 2.24) is 0 Å². The van der Waals surface area contributed by atoms with Crippen LogP contribution in [-0.2, 0) is 0 Å². The third kappa shape index (κ3) is 4.01. The maximum atomic E-state index is 9.32. The number of ether oxygens (including phenoxy) is 1. The first-order chi connectivity index (χ1) is 10.6. The lowest BCUT2D eigenvalue weighted by atomic mass is 9.96. The van der Waals surface area contributed by atoms with Crippen LogP contribution in [0.5, 0.6) is 5.75 Å². The van der Waals surface area contributed by atoms with Crippen LogP contribution >= 0.6 is 11.6 Å². The van der Waals surface area contributed by atoms with Gasteiger partial charge in [0.2, 0.25) is 0 Å². The normalized spacial score (nSPS) is 11.3. The van der Waals surface area contributed by atoms with E-state index in [0.717, 1.165) is 11.1 Å². The van der Waals surface area contributed by atoms with Gasteiger partial charge in [-0.15, -0.1) is 0 Å². The molecule has 0 aliphatic rings. The largest absolute Gasteiger partial charge is 0.492 e. The van der Waals surface area contributed by atoms with E-state index < -0.39 is 0 Å². The van der Waals surface area contributed by atoms with Crippen LogP contribution in [0.1, 0.15) is 29.0 Å². The van der Waals surface area contributed by atoms with Crippen LogP contribution in [0.2, 0.25) is 5.02 Å². The molecule has 0 spiro atoms. The van der Waals surface area contributed by atoms with E-state index in [1.807, 2.05) is 25.1 Å². The van der Waals surface area contributed by atoms with Crippen molar-refractivity contribution in [3.8, 4) is 17.9 Å². The van der Waals surface area contributed by atoms with Gasteiger partial charge < -0.3 is 4.74 Å². The van der Waals surface area contributed by atoms with Crippen molar-refractivity contribution in [2.45, 2.75) is 19.3 Å². The highest BCUT2D eigenvalue weighted by atomic mass is 35.5. The molecule has 0 aliphatic heterocycles. The first-order valence-electron chi connectivity index (χ1n) is 6.92. The topological polar surface area (TPSA) is 56.8 Å². The predicted octanol–water partition coefficient (Wildman–Crippen LogP) is 4.60. The highest BCUT2D eigenvalue weighted by Crippen LogP contribution is 2.26. The highest BCUT2D eigenvalue weighted by molar-refractivity contribution is 6.32. The molecule has 110 valence electrons. The van der Waals surface area contributed by atoms with Gasteiger partial charge >= 0.3 is 0 Å². The van der Waals surface area contributed by atoms with Crippen LogP contribution in [0.25, 0.3) is 0 Å². The summed E-state index contributed by atoms with van der Waals surface area (Å²) in [6.45, 7) is 2.35. The lowest BCUT2D eigenvalue weighted by Crippen LogP contribution is -2.05. The van der Waals surface area contributed by atoms with E-state index in [9.17, 15) is 5.26 Å². The number of hydrogen-bond acceptors (Lipinski definition) is 3. The van der Waals surface area contributed by atoms with Crippen molar-refractivity contribution in [3.05, 3.63) is 64.2 Å². The predicted molar refractivity (Wildman–Crippen MR) is 85.8 cm³/mol. The van der Waals surface area contributed by atoms with Gasteiger partial charge in [-0.3, -0.25) is 0 Å². The molecule has 0 saturated heterocycles. The molecule has 0 bridgehead atoms. The summed E-state index contributed by atoms with van der Waals surface area (Å²) < 4.78 is 5.68. The van der Waals surface area contributed by atoms with Crippen LogP contribution < -0.4 is 4.74 Å². The molecule has 1 atom stereocenters. The minimum atomic E-state index is -0.308. The Hall–Kier alpha value is -2.49. The molecule has 2 rings (SSSR count). The SMILES string of the molecule is Cc1ccc(Cl)c(OCCC(C#N)c2cccc(C#N)c2)c1. The van der Waals surface area contributed by atoms with Crippen molar-refractivity contribution < 1.29 is 4.74 Å². The summed E-state index contributed by atoms with van der Waals surface area (Å²) in [6, 6.07) is 17.0. The number of hydrogen-bond donors (Lipinski definition) is 0. The monoisotopic (exact) mass is 310 g/mol. The summed E-state index contributed by atoms with van der Waals surface area (Å²) in [5.41, 5.74) is 2.46. The molecule has 4 heteroatoms. The Morgan fingerprint density at radius 2 is 2.00 bits per heavy atom. The molecule has 0 fully saturated rings. The number of aryl methyl sites for hydroxylation is 1. The quantitative estimate of drug-likeness (QED) is 0.811. The molecule has 0 radical (unpaired) electrons. The Bertz CT molecular complexity index is 743. The second-order valence-corrected chi connectivity index (χ2v) is 5.40. The fourth-order valence-electron chi connectivity index (χ4n) is 2.14. The van der Waals surface area contributed by atoms with Gasteiger partial charge in [0.05, 0.1) is 35.2 Å². The summed E-state index contributed by atoms with van der Waals surface area (Å²) in [7, 11) is 0. The molecule has 0 aliphatic carbocycles. The van der Waals surface area contributed by atoms with Crippen LogP contribution in [0.3, 0.4) is 0 Å². The first-order valence-corrected chi connectivity index (χ1v) is 7.30. The van der Waals surface area contributed by atoms with Crippen LogP contribution in [-0.4, -0.2) is 6.61 Å². The molecule has 0 N–H and O–H groups in total. The van der Waals surface area contributed by atoms with E-state index in [4.69, 9.17) is 21.6 Å². The van der Waals surface area contributed by atoms with Crippen molar-refractivity contribution in [2.24, 2.45) is 0 Å². The Labute approximate surface area is 135 Å². The first kappa shape index (κ1) is 15.9. The van der Waals surface area contributed by atoms with Gasteiger partial charge in [0.15, 0.2) is 0 Å². The number of halogens is 1. The van der Waals surface area contributed by atoms with Gasteiger partial charge in [0, 0.05) is 6.42 Å². The molecule has 0 heterocycles. The fraction of sp³-hybridized carbons (Fsp3) is 0.222. The summed E-state index contributed by atoms with van der Waals surface area (Å²) in [6.07, 6.45) is 0.537. The fourth-order valence-corrected chi connectivity index (χ4v) is 2.31. The summed E-state index contributed by atoms with van der Waals surface area (Å²) in [5, 5.41) is 18.8. The summed E-state index contributed by atoms with van der Waals surface area (Å²) >= 11 is 6.08. The molecule has 2 aromatic rings. The Balaban J connectivity index is 2.01. The van der Waals surface area contributed by atoms with Gasteiger partial charge in [-0.2, -0.15) is 10.5 Å². The third-order valence-corrected chi connectivity index (χ3v) is 3.64. The average Bonchev–Trinajstić information content (AvgIpc) is 2.54. The molecule has 0 amide bonds. The second-order valence-electron chi connectivity index (χ2n) is 4.99. The minimum Gasteiger partial charge on any atom is -0.492 e. The number of nitrogens with zero attached hydrogens (tertiary/aromatic N) is 2. The van der Waals surface area contributed by atoms with E-state index in [2.05, 4.69) is 12.1 Å². The van der Waals surface area contributed by atoms with E-state index in [1.165, 1.54) is 0 Å². The zero-order valence-corrected chi connectivity index (χ0v) is 13.0. The maximum Gasteiger partial charge on any atom is 0.138 e. The van der Waals surface area contributed by atoms with Crippen molar-refractivity contribution in [1.29, 1.82) is 10.5 Å². The van der Waals surface area contributed by atoms with Gasteiger partial charge in [-0.1, -0.05) is 29.8 Å². The molecular formula is C18H15ClN2O. The second kappa shape index (κ2) is 7.50. The zero-order chi connectivity index (χ0) is 15.9. The molecule has 2 aromatic carbocycles. The Kier molecular flexibility index (Phi) is 5.42. The van der Waals surface area contributed by atoms with Crippen LogP contribution in [0.15, 0.2) is 42.5 Å². The molecule has 0 saturated carbocycles. The van der Waals surface area contributed by atoms with Gasteiger partial charge in [-0.05, 0) is 42.3 Å². The third-order valence-electron chi connectivity index (χ3n) is 3.32. The Morgan fingerprint density at radius 3 is 2.73 bits per heavy atom. The molecule has 1 unspecified atom stereocenters.